The summed E-state index contributed by atoms with van der Waals surface area (Å²) >= 11 is 0. The van der Waals surface area contributed by atoms with Crippen LogP contribution in [0.1, 0.15) is 29.8 Å². The molecular weight excluding hydrogens is 318 g/mol. The van der Waals surface area contributed by atoms with Crippen molar-refractivity contribution in [1.82, 2.24) is 14.7 Å². The maximum absolute atomic E-state index is 12.8. The number of rotatable bonds is 4. The van der Waals surface area contributed by atoms with Crippen molar-refractivity contribution in [3.63, 3.8) is 0 Å². The number of aryl methyl sites for hydroxylation is 1. The molecule has 6 heteroatoms. The van der Waals surface area contributed by atoms with Gasteiger partial charge in [-0.25, -0.2) is 0 Å². The molecule has 1 aliphatic heterocycles. The van der Waals surface area contributed by atoms with Crippen molar-refractivity contribution >= 4 is 5.91 Å². The molecule has 1 aromatic carbocycles. The molecule has 132 valence electrons. The molecule has 2 atom stereocenters. The topological polar surface area (TPSA) is 56.6 Å². The molecule has 2 aliphatic rings. The fourth-order valence-electron chi connectivity index (χ4n) is 4.11. The number of hydrogen-bond acceptors (Lipinski definition) is 4. The van der Waals surface area contributed by atoms with E-state index < -0.39 is 0 Å². The first kappa shape index (κ1) is 16.0. The number of benzene rings is 1. The molecule has 1 amide bonds. The van der Waals surface area contributed by atoms with Gasteiger partial charge in [0, 0.05) is 25.2 Å². The largest absolute Gasteiger partial charge is 0.493 e. The van der Waals surface area contributed by atoms with Gasteiger partial charge < -0.3 is 14.4 Å². The van der Waals surface area contributed by atoms with Gasteiger partial charge in [-0.2, -0.15) is 5.10 Å². The van der Waals surface area contributed by atoms with Gasteiger partial charge in [0.2, 0.25) is 0 Å². The lowest BCUT2D eigenvalue weighted by atomic mass is 9.91. The molecule has 2 aromatic rings. The van der Waals surface area contributed by atoms with Gasteiger partial charge in [-0.15, -0.1) is 0 Å². The van der Waals surface area contributed by atoms with Crippen LogP contribution >= 0.6 is 0 Å². The highest BCUT2D eigenvalue weighted by Crippen LogP contribution is 2.40. The van der Waals surface area contributed by atoms with Crippen molar-refractivity contribution < 1.29 is 14.3 Å². The number of carbonyl (C=O) groups excluding carboxylic acids is 1. The summed E-state index contributed by atoms with van der Waals surface area (Å²) in [6.45, 7) is 0.881. The standard InChI is InChI=1S/C19H23N3O3/c1-21-16(12-7-8-17(24-2)18(9-12)25-3)10-14(20-21)19(23)22-11-13-5-4-6-15(13)22/h7-10,13,15H,4-6,11H2,1-3H3. The molecule has 0 radical (unpaired) electrons. The Morgan fingerprint density at radius 2 is 1.96 bits per heavy atom. The molecule has 2 unspecified atom stereocenters. The van der Waals surface area contributed by atoms with Crippen molar-refractivity contribution in [3.8, 4) is 22.8 Å². The minimum atomic E-state index is 0.0467. The fraction of sp³-hybridized carbons (Fsp3) is 0.474. The van der Waals surface area contributed by atoms with Crippen LogP contribution in [0.2, 0.25) is 0 Å². The quantitative estimate of drug-likeness (QED) is 0.858. The van der Waals surface area contributed by atoms with E-state index in [4.69, 9.17) is 9.47 Å². The summed E-state index contributed by atoms with van der Waals surface area (Å²) in [5.74, 6) is 2.09. The van der Waals surface area contributed by atoms with E-state index in [0.717, 1.165) is 24.2 Å². The molecule has 1 aliphatic carbocycles. The van der Waals surface area contributed by atoms with Crippen LogP contribution in [0.15, 0.2) is 24.3 Å². The second-order valence-corrected chi connectivity index (χ2v) is 6.82. The minimum absolute atomic E-state index is 0.0467. The monoisotopic (exact) mass is 341 g/mol. The summed E-state index contributed by atoms with van der Waals surface area (Å²) in [6.07, 6.45) is 3.62. The van der Waals surface area contributed by atoms with Gasteiger partial charge >= 0.3 is 0 Å². The molecular formula is C19H23N3O3. The third-order valence-corrected chi connectivity index (χ3v) is 5.49. The van der Waals surface area contributed by atoms with Gasteiger partial charge in [-0.1, -0.05) is 6.42 Å². The van der Waals surface area contributed by atoms with E-state index in [1.54, 1.807) is 18.9 Å². The zero-order chi connectivity index (χ0) is 17.6. The van der Waals surface area contributed by atoms with Crippen molar-refractivity contribution in [1.29, 1.82) is 0 Å². The fourth-order valence-corrected chi connectivity index (χ4v) is 4.11. The second-order valence-electron chi connectivity index (χ2n) is 6.82. The smallest absolute Gasteiger partial charge is 0.274 e. The summed E-state index contributed by atoms with van der Waals surface area (Å²) in [6, 6.07) is 8.01. The van der Waals surface area contributed by atoms with Crippen molar-refractivity contribution in [2.45, 2.75) is 25.3 Å². The van der Waals surface area contributed by atoms with Gasteiger partial charge in [-0.05, 0) is 43.0 Å². The molecule has 2 heterocycles. The predicted molar refractivity (Wildman–Crippen MR) is 93.9 cm³/mol. The highest BCUT2D eigenvalue weighted by molar-refractivity contribution is 5.94. The Labute approximate surface area is 147 Å². The lowest BCUT2D eigenvalue weighted by molar-refractivity contribution is 0.0263. The second kappa shape index (κ2) is 6.10. The molecule has 1 saturated carbocycles. The number of ether oxygens (including phenoxy) is 2. The minimum Gasteiger partial charge on any atom is -0.493 e. The van der Waals surface area contributed by atoms with Crippen LogP contribution in [0.5, 0.6) is 11.5 Å². The van der Waals surface area contributed by atoms with Gasteiger partial charge in [-0.3, -0.25) is 9.48 Å². The third kappa shape index (κ3) is 2.56. The van der Waals surface area contributed by atoms with Gasteiger partial charge in [0.25, 0.3) is 5.91 Å². The van der Waals surface area contributed by atoms with Gasteiger partial charge in [0.15, 0.2) is 17.2 Å². The molecule has 0 bridgehead atoms. The van der Waals surface area contributed by atoms with Gasteiger partial charge in [0.05, 0.1) is 19.9 Å². The maximum Gasteiger partial charge on any atom is 0.274 e. The van der Waals surface area contributed by atoms with Crippen LogP contribution in [-0.2, 0) is 7.05 Å². The molecule has 2 fully saturated rings. The third-order valence-electron chi connectivity index (χ3n) is 5.49. The Morgan fingerprint density at radius 3 is 2.68 bits per heavy atom. The maximum atomic E-state index is 12.8. The summed E-state index contributed by atoms with van der Waals surface area (Å²) < 4.78 is 12.4. The average Bonchev–Trinajstić information content (AvgIpc) is 3.17. The molecule has 0 N–H and O–H groups in total. The van der Waals surface area contributed by atoms with Crippen LogP contribution in [0, 0.1) is 5.92 Å². The molecule has 0 spiro atoms. The lowest BCUT2D eigenvalue weighted by Crippen LogP contribution is -2.56. The number of hydrogen-bond donors (Lipinski definition) is 0. The first-order valence-electron chi connectivity index (χ1n) is 8.69. The molecule has 25 heavy (non-hydrogen) atoms. The molecule has 1 saturated heterocycles. The highest BCUT2D eigenvalue weighted by Gasteiger charge is 2.45. The normalized spacial score (nSPS) is 21.6. The van der Waals surface area contributed by atoms with E-state index in [0.29, 0.717) is 29.2 Å². The number of amides is 1. The zero-order valence-corrected chi connectivity index (χ0v) is 14.9. The number of fused-ring (bicyclic) bond motifs is 1. The molecule has 1 aromatic heterocycles. The average molecular weight is 341 g/mol. The number of likely N-dealkylation sites (tertiary alicyclic amines) is 1. The summed E-state index contributed by atoms with van der Waals surface area (Å²) in [5.41, 5.74) is 2.33. The van der Waals surface area contributed by atoms with Crippen LogP contribution in [0.25, 0.3) is 11.3 Å². The molecule has 6 nitrogen and oxygen atoms in total. The Hall–Kier alpha value is -2.50. The van der Waals surface area contributed by atoms with E-state index in [2.05, 4.69) is 5.10 Å². The van der Waals surface area contributed by atoms with Crippen molar-refractivity contribution in [2.75, 3.05) is 20.8 Å². The van der Waals surface area contributed by atoms with Crippen LogP contribution < -0.4 is 9.47 Å². The van der Waals surface area contributed by atoms with E-state index in [9.17, 15) is 4.79 Å². The first-order chi connectivity index (χ1) is 12.1. The Morgan fingerprint density at radius 1 is 1.16 bits per heavy atom. The van der Waals surface area contributed by atoms with E-state index in [1.807, 2.05) is 36.2 Å². The van der Waals surface area contributed by atoms with Crippen LogP contribution in [0.3, 0.4) is 0 Å². The Balaban J connectivity index is 1.61. The number of nitrogens with zero attached hydrogens (tertiary/aromatic N) is 3. The van der Waals surface area contributed by atoms with Crippen molar-refractivity contribution in [2.24, 2.45) is 13.0 Å². The van der Waals surface area contributed by atoms with Crippen molar-refractivity contribution in [3.05, 3.63) is 30.0 Å². The number of carbonyl (C=O) groups is 1. The molecule has 4 rings (SSSR count). The Bertz CT molecular complexity index is 814. The van der Waals surface area contributed by atoms with E-state index >= 15 is 0 Å². The zero-order valence-electron chi connectivity index (χ0n) is 14.9. The summed E-state index contributed by atoms with van der Waals surface area (Å²) in [4.78, 5) is 14.8. The van der Waals surface area contributed by atoms with Crippen LogP contribution in [-0.4, -0.2) is 47.4 Å². The predicted octanol–water partition coefficient (Wildman–Crippen LogP) is 2.73. The summed E-state index contributed by atoms with van der Waals surface area (Å²) in [7, 11) is 5.08. The van der Waals surface area contributed by atoms with Crippen LogP contribution in [0.4, 0.5) is 0 Å². The number of aromatic nitrogens is 2. The number of methoxy groups -OCH3 is 2. The Kier molecular flexibility index (Phi) is 3.90. The lowest BCUT2D eigenvalue weighted by Gasteiger charge is -2.44. The van der Waals surface area contributed by atoms with E-state index in [1.165, 1.54) is 12.8 Å². The van der Waals surface area contributed by atoms with Gasteiger partial charge in [0.1, 0.15) is 0 Å². The highest BCUT2D eigenvalue weighted by atomic mass is 16.5. The van der Waals surface area contributed by atoms with E-state index in [-0.39, 0.29) is 5.91 Å². The SMILES string of the molecule is COc1ccc(-c2cc(C(=O)N3CC4CCCC43)nn2C)cc1OC. The summed E-state index contributed by atoms with van der Waals surface area (Å²) in [5, 5.41) is 4.46. The first-order valence-corrected chi connectivity index (χ1v) is 8.69.